The van der Waals surface area contributed by atoms with Crippen molar-refractivity contribution in [1.82, 2.24) is 0 Å². The standard InChI is InChI=1S/C25H48F2O6/c1-6-10-14-29-18-20-21(30-15-11-7-2)22(31-16-12-8-3)23(32-17-13-9-4)24(25(20,26)27)33-19-28-5/h20-24H,6-19H2,1-5H3/t20-,21-,22+,23-,24+/m1/s1. The molecule has 1 aliphatic rings. The van der Waals surface area contributed by atoms with Crippen LogP contribution in [0.15, 0.2) is 0 Å². The molecule has 0 aliphatic heterocycles. The first-order valence-electron chi connectivity index (χ1n) is 12.9. The van der Waals surface area contributed by atoms with E-state index in [0.717, 1.165) is 51.4 Å². The van der Waals surface area contributed by atoms with Gasteiger partial charge in [0.1, 0.15) is 19.0 Å². The molecule has 0 spiro atoms. The summed E-state index contributed by atoms with van der Waals surface area (Å²) in [6, 6.07) is 0. The van der Waals surface area contributed by atoms with Gasteiger partial charge >= 0.3 is 0 Å². The molecule has 0 bridgehead atoms. The third-order valence-electron chi connectivity index (χ3n) is 5.95. The maximum absolute atomic E-state index is 16.0. The molecular formula is C25H48F2O6. The number of alkyl halides is 2. The van der Waals surface area contributed by atoms with Gasteiger partial charge in [-0.3, -0.25) is 0 Å². The maximum Gasteiger partial charge on any atom is 0.284 e. The molecule has 33 heavy (non-hydrogen) atoms. The van der Waals surface area contributed by atoms with E-state index in [-0.39, 0.29) is 13.4 Å². The van der Waals surface area contributed by atoms with Gasteiger partial charge in [0, 0.05) is 33.5 Å². The Morgan fingerprint density at radius 3 is 1.64 bits per heavy atom. The fraction of sp³-hybridized carbons (Fsp3) is 1.00. The largest absolute Gasteiger partial charge is 0.381 e. The molecule has 0 heterocycles. The van der Waals surface area contributed by atoms with Crippen molar-refractivity contribution < 1.29 is 37.2 Å². The van der Waals surface area contributed by atoms with Crippen LogP contribution in [0.3, 0.4) is 0 Å². The summed E-state index contributed by atoms with van der Waals surface area (Å²) in [5.41, 5.74) is 0. The Morgan fingerprint density at radius 1 is 0.636 bits per heavy atom. The molecule has 0 amide bonds. The number of methoxy groups -OCH3 is 1. The van der Waals surface area contributed by atoms with E-state index in [9.17, 15) is 0 Å². The average Bonchev–Trinajstić information content (AvgIpc) is 2.79. The molecule has 0 radical (unpaired) electrons. The van der Waals surface area contributed by atoms with E-state index < -0.39 is 36.3 Å². The van der Waals surface area contributed by atoms with E-state index in [0.29, 0.717) is 26.4 Å². The Balaban J connectivity index is 3.27. The molecule has 1 aliphatic carbocycles. The lowest BCUT2D eigenvalue weighted by Gasteiger charge is -2.50. The summed E-state index contributed by atoms with van der Waals surface area (Å²) in [6.07, 6.45) is 2.92. The minimum atomic E-state index is -3.23. The maximum atomic E-state index is 16.0. The number of rotatable bonds is 20. The zero-order chi connectivity index (χ0) is 24.5. The zero-order valence-electron chi connectivity index (χ0n) is 21.5. The van der Waals surface area contributed by atoms with Crippen molar-refractivity contribution in [2.75, 3.05) is 46.9 Å². The first-order valence-corrected chi connectivity index (χ1v) is 12.9. The van der Waals surface area contributed by atoms with Gasteiger partial charge in [-0.2, -0.15) is 0 Å². The average molecular weight is 483 g/mol. The van der Waals surface area contributed by atoms with Crippen LogP contribution >= 0.6 is 0 Å². The summed E-state index contributed by atoms with van der Waals surface area (Å²) in [7, 11) is 1.42. The molecule has 0 unspecified atom stereocenters. The Labute approximate surface area is 200 Å². The summed E-state index contributed by atoms with van der Waals surface area (Å²) in [6.45, 7) is 9.46. The van der Waals surface area contributed by atoms with E-state index >= 15 is 8.78 Å². The van der Waals surface area contributed by atoms with Crippen molar-refractivity contribution in [2.24, 2.45) is 5.92 Å². The molecule has 8 heteroatoms. The predicted octanol–water partition coefficient (Wildman–Crippen LogP) is 5.61. The number of hydrogen-bond acceptors (Lipinski definition) is 6. The molecule has 0 aromatic rings. The number of ether oxygens (including phenoxy) is 6. The number of halogens is 2. The van der Waals surface area contributed by atoms with Crippen molar-refractivity contribution in [3.63, 3.8) is 0 Å². The molecule has 1 saturated carbocycles. The van der Waals surface area contributed by atoms with Crippen LogP contribution in [-0.4, -0.2) is 77.3 Å². The van der Waals surface area contributed by atoms with E-state index in [4.69, 9.17) is 28.4 Å². The lowest BCUT2D eigenvalue weighted by atomic mass is 9.77. The van der Waals surface area contributed by atoms with Gasteiger partial charge in [0.05, 0.1) is 18.6 Å². The molecule has 0 aromatic heterocycles. The summed E-state index contributed by atoms with van der Waals surface area (Å²) < 4.78 is 66.6. The molecule has 1 fully saturated rings. The second-order valence-electron chi connectivity index (χ2n) is 8.77. The fourth-order valence-electron chi connectivity index (χ4n) is 3.92. The van der Waals surface area contributed by atoms with Gasteiger partial charge in [0.2, 0.25) is 0 Å². The van der Waals surface area contributed by atoms with E-state index in [1.807, 2.05) is 20.8 Å². The van der Waals surface area contributed by atoms with Gasteiger partial charge in [-0.05, 0) is 25.7 Å². The van der Waals surface area contributed by atoms with Crippen LogP contribution in [0.5, 0.6) is 0 Å². The van der Waals surface area contributed by atoms with Crippen LogP contribution in [0.2, 0.25) is 0 Å². The van der Waals surface area contributed by atoms with Gasteiger partial charge in [0.25, 0.3) is 5.92 Å². The van der Waals surface area contributed by atoms with Gasteiger partial charge in [0.15, 0.2) is 6.10 Å². The molecule has 5 atom stereocenters. The molecule has 6 nitrogen and oxygen atoms in total. The van der Waals surface area contributed by atoms with Crippen LogP contribution in [-0.2, 0) is 28.4 Å². The van der Waals surface area contributed by atoms with Crippen LogP contribution in [0.25, 0.3) is 0 Å². The van der Waals surface area contributed by atoms with Crippen LogP contribution in [0, 0.1) is 5.92 Å². The molecule has 0 aromatic carbocycles. The van der Waals surface area contributed by atoms with E-state index in [1.165, 1.54) is 7.11 Å². The van der Waals surface area contributed by atoms with Gasteiger partial charge < -0.3 is 28.4 Å². The van der Waals surface area contributed by atoms with Crippen LogP contribution in [0.4, 0.5) is 8.78 Å². The normalized spacial score (nSPS) is 27.2. The third-order valence-corrected chi connectivity index (χ3v) is 5.95. The van der Waals surface area contributed by atoms with Crippen LogP contribution in [0.1, 0.15) is 79.1 Å². The van der Waals surface area contributed by atoms with Crippen molar-refractivity contribution in [3.05, 3.63) is 0 Å². The quantitative estimate of drug-likeness (QED) is 0.166. The molecule has 0 saturated heterocycles. The van der Waals surface area contributed by atoms with Crippen molar-refractivity contribution in [2.45, 2.75) is 109 Å². The predicted molar refractivity (Wildman–Crippen MR) is 125 cm³/mol. The van der Waals surface area contributed by atoms with Crippen molar-refractivity contribution in [3.8, 4) is 0 Å². The first-order chi connectivity index (χ1) is 16.0. The molecule has 198 valence electrons. The second-order valence-corrected chi connectivity index (χ2v) is 8.77. The Morgan fingerprint density at radius 2 is 1.12 bits per heavy atom. The highest BCUT2D eigenvalue weighted by Crippen LogP contribution is 2.44. The summed E-state index contributed by atoms with van der Waals surface area (Å²) in [5, 5.41) is 0. The summed E-state index contributed by atoms with van der Waals surface area (Å²) in [4.78, 5) is 0. The van der Waals surface area contributed by atoms with Crippen LogP contribution < -0.4 is 0 Å². The molecule has 1 rings (SSSR count). The second kappa shape index (κ2) is 18.0. The number of unbranched alkanes of at least 4 members (excludes halogenated alkanes) is 4. The monoisotopic (exact) mass is 482 g/mol. The van der Waals surface area contributed by atoms with E-state index in [1.54, 1.807) is 0 Å². The van der Waals surface area contributed by atoms with Crippen molar-refractivity contribution in [1.29, 1.82) is 0 Å². The molecular weight excluding hydrogens is 434 g/mol. The van der Waals surface area contributed by atoms with Gasteiger partial charge in [-0.1, -0.05) is 53.4 Å². The minimum absolute atomic E-state index is 0.119. The minimum Gasteiger partial charge on any atom is -0.381 e. The SMILES string of the molecule is CCCCOC[C@@H]1[C@@H](OCCCC)[C@H](OCCCC)[C@@H](OCCCC)[C@H](OCOC)C1(F)F. The highest BCUT2D eigenvalue weighted by molar-refractivity contribution is 5.06. The smallest absolute Gasteiger partial charge is 0.284 e. The number of hydrogen-bond donors (Lipinski definition) is 0. The fourth-order valence-corrected chi connectivity index (χ4v) is 3.92. The lowest BCUT2D eigenvalue weighted by Crippen LogP contribution is -2.68. The third kappa shape index (κ3) is 10.0. The topological polar surface area (TPSA) is 55.4 Å². The molecule has 0 N–H and O–H groups in total. The highest BCUT2D eigenvalue weighted by Gasteiger charge is 2.63. The Kier molecular flexibility index (Phi) is 16.7. The summed E-state index contributed by atoms with van der Waals surface area (Å²) in [5.74, 6) is -4.44. The summed E-state index contributed by atoms with van der Waals surface area (Å²) >= 11 is 0. The Hall–Kier alpha value is -0.380. The van der Waals surface area contributed by atoms with E-state index in [2.05, 4.69) is 6.92 Å². The lowest BCUT2D eigenvalue weighted by molar-refractivity contribution is -0.317. The highest BCUT2D eigenvalue weighted by atomic mass is 19.3. The zero-order valence-corrected chi connectivity index (χ0v) is 21.5. The Bertz CT molecular complexity index is 468. The van der Waals surface area contributed by atoms with Gasteiger partial charge in [-0.25, -0.2) is 8.78 Å². The van der Waals surface area contributed by atoms with Gasteiger partial charge in [-0.15, -0.1) is 0 Å². The van der Waals surface area contributed by atoms with Crippen molar-refractivity contribution >= 4 is 0 Å². The first kappa shape index (κ1) is 30.7.